The van der Waals surface area contributed by atoms with Gasteiger partial charge in [0.1, 0.15) is 0 Å². The molecule has 2 fully saturated rings. The summed E-state index contributed by atoms with van der Waals surface area (Å²) in [5, 5.41) is 3.46. The second kappa shape index (κ2) is 8.73. The lowest BCUT2D eigenvalue weighted by Gasteiger charge is -2.31. The van der Waals surface area contributed by atoms with Crippen LogP contribution < -0.4 is 5.32 Å². The summed E-state index contributed by atoms with van der Waals surface area (Å²) in [6.07, 6.45) is 9.13. The fourth-order valence-corrected chi connectivity index (χ4v) is 4.16. The molecule has 1 aliphatic heterocycles. The molecule has 114 valence electrons. The minimum Gasteiger partial charge on any atom is -0.339 e. The van der Waals surface area contributed by atoms with E-state index in [4.69, 9.17) is 0 Å². The van der Waals surface area contributed by atoms with Crippen LogP contribution in [-0.2, 0) is 4.79 Å². The Balaban J connectivity index is 1.82. The predicted molar refractivity (Wildman–Crippen MR) is 87.1 cm³/mol. The van der Waals surface area contributed by atoms with Crippen molar-refractivity contribution in [3.8, 4) is 0 Å². The van der Waals surface area contributed by atoms with Crippen LogP contribution in [0.4, 0.5) is 0 Å². The van der Waals surface area contributed by atoms with Crippen molar-refractivity contribution >= 4 is 17.7 Å². The van der Waals surface area contributed by atoms with Crippen molar-refractivity contribution in [2.75, 3.05) is 31.1 Å². The summed E-state index contributed by atoms with van der Waals surface area (Å²) >= 11 is 1.95. The Morgan fingerprint density at radius 3 is 2.80 bits per heavy atom. The number of nitrogens with one attached hydrogen (secondary N) is 1. The Morgan fingerprint density at radius 2 is 2.15 bits per heavy atom. The molecule has 2 aliphatic rings. The third-order valence-electron chi connectivity index (χ3n) is 4.32. The molecule has 1 aliphatic carbocycles. The van der Waals surface area contributed by atoms with Crippen LogP contribution in [0.3, 0.4) is 0 Å². The molecular weight excluding hydrogens is 268 g/mol. The number of amides is 1. The van der Waals surface area contributed by atoms with E-state index in [2.05, 4.69) is 11.9 Å². The molecule has 3 nitrogen and oxygen atoms in total. The molecule has 1 saturated carbocycles. The van der Waals surface area contributed by atoms with Gasteiger partial charge < -0.3 is 10.2 Å². The highest BCUT2D eigenvalue weighted by molar-refractivity contribution is 7.99. The van der Waals surface area contributed by atoms with Crippen molar-refractivity contribution in [1.82, 2.24) is 10.2 Å². The number of rotatable bonds is 6. The van der Waals surface area contributed by atoms with Gasteiger partial charge >= 0.3 is 0 Å². The lowest BCUT2D eigenvalue weighted by molar-refractivity contribution is -0.131. The first-order valence-electron chi connectivity index (χ1n) is 7.99. The van der Waals surface area contributed by atoms with Crippen LogP contribution in [-0.4, -0.2) is 48.0 Å². The van der Waals surface area contributed by atoms with Crippen molar-refractivity contribution in [2.24, 2.45) is 5.92 Å². The van der Waals surface area contributed by atoms with Crippen LogP contribution >= 0.6 is 11.8 Å². The van der Waals surface area contributed by atoms with E-state index in [0.29, 0.717) is 30.8 Å². The number of nitrogens with zero attached hydrogens (tertiary/aromatic N) is 1. The summed E-state index contributed by atoms with van der Waals surface area (Å²) in [5.41, 5.74) is 0. The monoisotopic (exact) mass is 296 g/mol. The van der Waals surface area contributed by atoms with Gasteiger partial charge in [0.25, 0.3) is 0 Å². The van der Waals surface area contributed by atoms with Gasteiger partial charge in [-0.15, -0.1) is 6.58 Å². The third kappa shape index (κ3) is 5.13. The Bertz CT molecular complexity index is 310. The molecule has 1 atom stereocenters. The minimum absolute atomic E-state index is 0.301. The molecule has 1 N–H and O–H groups in total. The van der Waals surface area contributed by atoms with Crippen molar-refractivity contribution < 1.29 is 4.79 Å². The van der Waals surface area contributed by atoms with E-state index >= 15 is 0 Å². The Kier molecular flexibility index (Phi) is 6.94. The molecule has 0 radical (unpaired) electrons. The molecular formula is C16H28N2OS. The van der Waals surface area contributed by atoms with E-state index in [1.54, 1.807) is 0 Å². The third-order valence-corrected chi connectivity index (χ3v) is 5.46. The fourth-order valence-electron chi connectivity index (χ4n) is 3.21. The maximum atomic E-state index is 12.5. The van der Waals surface area contributed by atoms with Crippen molar-refractivity contribution in [2.45, 2.75) is 44.6 Å². The van der Waals surface area contributed by atoms with Crippen molar-refractivity contribution in [3.63, 3.8) is 0 Å². The van der Waals surface area contributed by atoms with E-state index in [-0.39, 0.29) is 0 Å². The zero-order valence-electron chi connectivity index (χ0n) is 12.5. The topological polar surface area (TPSA) is 32.3 Å². The Morgan fingerprint density at radius 1 is 1.35 bits per heavy atom. The van der Waals surface area contributed by atoms with E-state index in [1.807, 2.05) is 22.7 Å². The van der Waals surface area contributed by atoms with Gasteiger partial charge in [-0.3, -0.25) is 4.79 Å². The van der Waals surface area contributed by atoms with Gasteiger partial charge in [0.2, 0.25) is 5.91 Å². The average Bonchev–Trinajstić information content (AvgIpc) is 2.49. The summed E-state index contributed by atoms with van der Waals surface area (Å²) in [4.78, 5) is 14.5. The SMILES string of the molecule is C=CCN(CC1CCCCC1)C(=O)CC1CSCCN1. The molecule has 1 saturated heterocycles. The molecule has 0 aromatic carbocycles. The fraction of sp³-hybridized carbons (Fsp3) is 0.812. The first kappa shape index (κ1) is 15.9. The molecule has 2 rings (SSSR count). The number of carbonyl (C=O) groups excluding carboxylic acids is 1. The van der Waals surface area contributed by atoms with Gasteiger partial charge in [-0.2, -0.15) is 11.8 Å². The van der Waals surface area contributed by atoms with Crippen LogP contribution in [0.1, 0.15) is 38.5 Å². The van der Waals surface area contributed by atoms with Crippen LogP contribution in [0.25, 0.3) is 0 Å². The Labute approximate surface area is 127 Å². The van der Waals surface area contributed by atoms with Crippen LogP contribution in [0, 0.1) is 5.92 Å². The number of hydrogen-bond acceptors (Lipinski definition) is 3. The molecule has 0 spiro atoms. The maximum absolute atomic E-state index is 12.5. The molecule has 1 unspecified atom stereocenters. The smallest absolute Gasteiger partial charge is 0.224 e. The predicted octanol–water partition coefficient (Wildman–Crippen LogP) is 2.68. The zero-order chi connectivity index (χ0) is 14.2. The first-order valence-corrected chi connectivity index (χ1v) is 9.15. The molecule has 20 heavy (non-hydrogen) atoms. The molecule has 0 aromatic heterocycles. The highest BCUT2D eigenvalue weighted by Crippen LogP contribution is 2.24. The largest absolute Gasteiger partial charge is 0.339 e. The maximum Gasteiger partial charge on any atom is 0.224 e. The van der Waals surface area contributed by atoms with E-state index in [1.165, 1.54) is 37.9 Å². The normalized spacial score (nSPS) is 24.3. The highest BCUT2D eigenvalue weighted by Gasteiger charge is 2.23. The molecule has 1 heterocycles. The Hall–Kier alpha value is -0.480. The summed E-state index contributed by atoms with van der Waals surface area (Å²) < 4.78 is 0. The minimum atomic E-state index is 0.301. The van der Waals surface area contributed by atoms with Crippen LogP contribution in [0.5, 0.6) is 0 Å². The average molecular weight is 296 g/mol. The molecule has 1 amide bonds. The van der Waals surface area contributed by atoms with Crippen LogP contribution in [0.15, 0.2) is 12.7 Å². The van der Waals surface area contributed by atoms with E-state index in [9.17, 15) is 4.79 Å². The number of thioether (sulfide) groups is 1. The number of hydrogen-bond donors (Lipinski definition) is 1. The van der Waals surface area contributed by atoms with Gasteiger partial charge in [0.05, 0.1) is 0 Å². The standard InChI is InChI=1S/C16H28N2OS/c1-2-9-18(12-14-6-4-3-5-7-14)16(19)11-15-13-20-10-8-17-15/h2,14-15,17H,1,3-13H2. The first-order chi connectivity index (χ1) is 9.79. The van der Waals surface area contributed by atoms with Gasteiger partial charge in [0, 0.05) is 43.6 Å². The van der Waals surface area contributed by atoms with Gasteiger partial charge in [-0.1, -0.05) is 25.3 Å². The van der Waals surface area contributed by atoms with Gasteiger partial charge in [0.15, 0.2) is 0 Å². The van der Waals surface area contributed by atoms with Crippen molar-refractivity contribution in [1.29, 1.82) is 0 Å². The lowest BCUT2D eigenvalue weighted by atomic mass is 9.89. The molecule has 0 aromatic rings. The molecule has 4 heteroatoms. The van der Waals surface area contributed by atoms with E-state index in [0.717, 1.165) is 18.8 Å². The second-order valence-corrected chi connectivity index (χ2v) is 7.17. The van der Waals surface area contributed by atoms with E-state index < -0.39 is 0 Å². The summed E-state index contributed by atoms with van der Waals surface area (Å²) in [7, 11) is 0. The van der Waals surface area contributed by atoms with Gasteiger partial charge in [-0.25, -0.2) is 0 Å². The number of carbonyl (C=O) groups is 1. The molecule has 0 bridgehead atoms. The van der Waals surface area contributed by atoms with Gasteiger partial charge in [-0.05, 0) is 18.8 Å². The summed E-state index contributed by atoms with van der Waals surface area (Å²) in [6.45, 7) is 6.48. The lowest BCUT2D eigenvalue weighted by Crippen LogP contribution is -2.44. The summed E-state index contributed by atoms with van der Waals surface area (Å²) in [6, 6.07) is 0.361. The second-order valence-electron chi connectivity index (χ2n) is 6.02. The summed E-state index contributed by atoms with van der Waals surface area (Å²) in [5.74, 6) is 3.25. The van der Waals surface area contributed by atoms with Crippen LogP contribution in [0.2, 0.25) is 0 Å². The highest BCUT2D eigenvalue weighted by atomic mass is 32.2. The van der Waals surface area contributed by atoms with Crippen molar-refractivity contribution in [3.05, 3.63) is 12.7 Å². The zero-order valence-corrected chi connectivity index (χ0v) is 13.3. The quantitative estimate of drug-likeness (QED) is 0.765.